The Hall–Kier alpha value is -1.58. The number of unbranched alkanes of at least 4 members (excludes halogenated alkanes) is 1. The van der Waals surface area contributed by atoms with Gasteiger partial charge in [0.1, 0.15) is 5.82 Å². The number of nitrogens with zero attached hydrogens (tertiary/aromatic N) is 2. The van der Waals surface area contributed by atoms with E-state index in [1.165, 1.54) is 0 Å². The van der Waals surface area contributed by atoms with E-state index in [4.69, 9.17) is 16.7 Å². The van der Waals surface area contributed by atoms with Gasteiger partial charge >= 0.3 is 0 Å². The molecule has 0 unspecified atom stereocenters. The second kappa shape index (κ2) is 8.01. The Balaban J connectivity index is 2.31. The predicted octanol–water partition coefficient (Wildman–Crippen LogP) is 3.93. The summed E-state index contributed by atoms with van der Waals surface area (Å²) in [6.07, 6.45) is 8.69. The van der Waals surface area contributed by atoms with E-state index in [-0.39, 0.29) is 6.61 Å². The van der Waals surface area contributed by atoms with E-state index in [9.17, 15) is 0 Å². The van der Waals surface area contributed by atoms with E-state index < -0.39 is 0 Å². The summed E-state index contributed by atoms with van der Waals surface area (Å²) in [6, 6.07) is 7.87. The topological polar surface area (TPSA) is 38.1 Å². The van der Waals surface area contributed by atoms with Crippen LogP contribution in [-0.2, 0) is 13.0 Å². The Labute approximate surface area is 130 Å². The highest BCUT2D eigenvalue weighted by molar-refractivity contribution is 6.31. The molecule has 0 radical (unpaired) electrons. The third kappa shape index (κ3) is 4.19. The molecule has 0 bridgehead atoms. The molecule has 1 heterocycles. The number of halogens is 1. The van der Waals surface area contributed by atoms with Crippen LogP contribution in [0.2, 0.25) is 5.02 Å². The van der Waals surface area contributed by atoms with Gasteiger partial charge in [-0.05, 0) is 24.1 Å². The fraction of sp³-hybridized carbons (Fsp3) is 0.353. The molecule has 0 amide bonds. The minimum Gasteiger partial charge on any atom is -0.392 e. The van der Waals surface area contributed by atoms with Crippen molar-refractivity contribution < 1.29 is 5.11 Å². The van der Waals surface area contributed by atoms with Gasteiger partial charge in [-0.25, -0.2) is 4.98 Å². The van der Waals surface area contributed by atoms with Gasteiger partial charge < -0.3 is 9.67 Å². The van der Waals surface area contributed by atoms with Gasteiger partial charge in [-0.2, -0.15) is 0 Å². The van der Waals surface area contributed by atoms with E-state index in [0.29, 0.717) is 6.54 Å². The van der Waals surface area contributed by atoms with Crippen LogP contribution in [0.4, 0.5) is 0 Å². The first-order valence-corrected chi connectivity index (χ1v) is 7.69. The molecule has 2 rings (SSSR count). The van der Waals surface area contributed by atoms with Crippen LogP contribution < -0.4 is 0 Å². The number of hydrogen-bond donors (Lipinski definition) is 1. The van der Waals surface area contributed by atoms with E-state index in [1.807, 2.05) is 36.5 Å². The normalized spacial score (nSPS) is 11.4. The highest BCUT2D eigenvalue weighted by Gasteiger charge is 2.10. The van der Waals surface area contributed by atoms with Crippen LogP contribution in [-0.4, -0.2) is 21.3 Å². The number of hydrogen-bond acceptors (Lipinski definition) is 2. The highest BCUT2D eigenvalue weighted by atomic mass is 35.5. The third-order valence-electron chi connectivity index (χ3n) is 3.40. The molecule has 0 saturated heterocycles. The van der Waals surface area contributed by atoms with Crippen molar-refractivity contribution in [2.24, 2.45) is 0 Å². The van der Waals surface area contributed by atoms with Crippen molar-refractivity contribution in [3.8, 4) is 0 Å². The second-order valence-electron chi connectivity index (χ2n) is 4.97. The Morgan fingerprint density at radius 2 is 2.14 bits per heavy atom. The molecule has 112 valence electrons. The molecule has 0 aliphatic carbocycles. The molecule has 0 spiro atoms. The van der Waals surface area contributed by atoms with Crippen LogP contribution in [0.15, 0.2) is 36.5 Å². The average Bonchev–Trinajstić information content (AvgIpc) is 2.87. The monoisotopic (exact) mass is 304 g/mol. The van der Waals surface area contributed by atoms with Gasteiger partial charge in [0.2, 0.25) is 0 Å². The number of aryl methyl sites for hydroxylation is 1. The molecule has 0 fully saturated rings. The molecule has 0 aliphatic rings. The summed E-state index contributed by atoms with van der Waals surface area (Å²) < 4.78 is 2.17. The maximum Gasteiger partial charge on any atom is 0.109 e. The van der Waals surface area contributed by atoms with Crippen molar-refractivity contribution >= 4 is 17.7 Å². The zero-order valence-electron chi connectivity index (χ0n) is 12.3. The number of aliphatic hydroxyl groups is 1. The van der Waals surface area contributed by atoms with Crippen molar-refractivity contribution in [1.82, 2.24) is 9.55 Å². The van der Waals surface area contributed by atoms with Crippen molar-refractivity contribution in [3.63, 3.8) is 0 Å². The maximum absolute atomic E-state index is 8.96. The van der Waals surface area contributed by atoms with Crippen LogP contribution in [0.5, 0.6) is 0 Å². The molecular weight excluding hydrogens is 284 g/mol. The van der Waals surface area contributed by atoms with Crippen molar-refractivity contribution in [2.75, 3.05) is 6.61 Å². The SMILES string of the molecule is CCCCc1ncc(C=CCO)n1Cc1ccccc1Cl. The van der Waals surface area contributed by atoms with Gasteiger partial charge in [0, 0.05) is 11.4 Å². The molecule has 1 N–H and O–H groups in total. The minimum absolute atomic E-state index is 0.0293. The van der Waals surface area contributed by atoms with E-state index in [2.05, 4.69) is 16.5 Å². The molecule has 21 heavy (non-hydrogen) atoms. The number of benzene rings is 1. The first-order chi connectivity index (χ1) is 10.3. The van der Waals surface area contributed by atoms with Gasteiger partial charge in [-0.15, -0.1) is 0 Å². The van der Waals surface area contributed by atoms with Crippen LogP contribution >= 0.6 is 11.6 Å². The van der Waals surface area contributed by atoms with Gasteiger partial charge in [-0.1, -0.05) is 49.2 Å². The van der Waals surface area contributed by atoms with Gasteiger partial charge in [0.05, 0.1) is 25.0 Å². The summed E-state index contributed by atoms with van der Waals surface area (Å²) in [5, 5.41) is 9.73. The van der Waals surface area contributed by atoms with Gasteiger partial charge in [-0.3, -0.25) is 0 Å². The number of aliphatic hydroxyl groups excluding tert-OH is 1. The molecule has 1 aromatic carbocycles. The van der Waals surface area contributed by atoms with Crippen LogP contribution in [0, 0.1) is 0 Å². The number of aromatic nitrogens is 2. The van der Waals surface area contributed by atoms with E-state index in [0.717, 1.165) is 41.4 Å². The fourth-order valence-corrected chi connectivity index (χ4v) is 2.44. The summed E-state index contributed by atoms with van der Waals surface area (Å²) in [6.45, 7) is 2.90. The predicted molar refractivity (Wildman–Crippen MR) is 87.5 cm³/mol. The summed E-state index contributed by atoms with van der Waals surface area (Å²) in [5.74, 6) is 1.06. The smallest absolute Gasteiger partial charge is 0.109 e. The number of rotatable bonds is 7. The molecule has 0 saturated carbocycles. The largest absolute Gasteiger partial charge is 0.392 e. The lowest BCUT2D eigenvalue weighted by Gasteiger charge is -2.11. The van der Waals surface area contributed by atoms with Gasteiger partial charge in [0.15, 0.2) is 0 Å². The van der Waals surface area contributed by atoms with Crippen molar-refractivity contribution in [1.29, 1.82) is 0 Å². The molecular formula is C17H21ClN2O. The molecule has 4 heteroatoms. The zero-order chi connectivity index (χ0) is 15.1. The Kier molecular flexibility index (Phi) is 6.03. The van der Waals surface area contributed by atoms with Crippen molar-refractivity contribution in [2.45, 2.75) is 32.7 Å². The summed E-state index contributed by atoms with van der Waals surface area (Å²) in [7, 11) is 0. The molecule has 0 atom stereocenters. The maximum atomic E-state index is 8.96. The first kappa shape index (κ1) is 15.8. The fourth-order valence-electron chi connectivity index (χ4n) is 2.25. The van der Waals surface area contributed by atoms with Crippen LogP contribution in [0.25, 0.3) is 6.08 Å². The lowest BCUT2D eigenvalue weighted by molar-refractivity contribution is 0.343. The quantitative estimate of drug-likeness (QED) is 0.841. The first-order valence-electron chi connectivity index (χ1n) is 7.31. The van der Waals surface area contributed by atoms with Crippen LogP contribution in [0.1, 0.15) is 36.8 Å². The minimum atomic E-state index is 0.0293. The number of imidazole rings is 1. The highest BCUT2D eigenvalue weighted by Crippen LogP contribution is 2.19. The zero-order valence-corrected chi connectivity index (χ0v) is 13.1. The Bertz CT molecular complexity index is 605. The van der Waals surface area contributed by atoms with Gasteiger partial charge in [0.25, 0.3) is 0 Å². The van der Waals surface area contributed by atoms with E-state index >= 15 is 0 Å². The van der Waals surface area contributed by atoms with E-state index in [1.54, 1.807) is 6.08 Å². The third-order valence-corrected chi connectivity index (χ3v) is 3.77. The van der Waals surface area contributed by atoms with Crippen molar-refractivity contribution in [3.05, 3.63) is 58.6 Å². The van der Waals surface area contributed by atoms with Crippen LogP contribution in [0.3, 0.4) is 0 Å². The second-order valence-corrected chi connectivity index (χ2v) is 5.37. The summed E-state index contributed by atoms with van der Waals surface area (Å²) in [5.41, 5.74) is 2.07. The Morgan fingerprint density at radius 3 is 2.86 bits per heavy atom. The molecule has 0 aliphatic heterocycles. The summed E-state index contributed by atoms with van der Waals surface area (Å²) >= 11 is 6.26. The molecule has 3 nitrogen and oxygen atoms in total. The molecule has 2 aromatic rings. The summed E-state index contributed by atoms with van der Waals surface area (Å²) in [4.78, 5) is 4.52. The average molecular weight is 305 g/mol. The lowest BCUT2D eigenvalue weighted by atomic mass is 10.2. The Morgan fingerprint density at radius 1 is 1.33 bits per heavy atom. The standard InChI is InChI=1S/C17H21ClN2O/c1-2-3-10-17-19-12-15(8-6-11-21)20(17)13-14-7-4-5-9-16(14)18/h4-9,12,21H,2-3,10-11,13H2,1H3. The lowest BCUT2D eigenvalue weighted by Crippen LogP contribution is -2.07. The molecule has 1 aromatic heterocycles.